The van der Waals surface area contributed by atoms with E-state index in [0.717, 1.165) is 16.7 Å². The second-order valence-electron chi connectivity index (χ2n) is 4.84. The normalized spacial score (nSPS) is 10.5. The molecule has 1 amide bonds. The van der Waals surface area contributed by atoms with Crippen LogP contribution in [0.25, 0.3) is 0 Å². The number of rotatable bonds is 6. The third kappa shape index (κ3) is 5.54. The highest BCUT2D eigenvalue weighted by molar-refractivity contribution is 9.10. The van der Waals surface area contributed by atoms with Crippen LogP contribution in [-0.4, -0.2) is 19.0 Å². The van der Waals surface area contributed by atoms with Gasteiger partial charge in [0, 0.05) is 29.7 Å². The molecule has 0 fully saturated rings. The van der Waals surface area contributed by atoms with Gasteiger partial charge in [-0.2, -0.15) is 0 Å². The van der Waals surface area contributed by atoms with Crippen LogP contribution in [0.4, 0.5) is 5.69 Å². The van der Waals surface area contributed by atoms with Crippen molar-refractivity contribution in [2.24, 2.45) is 5.92 Å². The summed E-state index contributed by atoms with van der Waals surface area (Å²) in [6.07, 6.45) is 0.502. The Labute approximate surface area is 117 Å². The molecular weight excluding hydrogens is 292 g/mol. The lowest BCUT2D eigenvalue weighted by Crippen LogP contribution is -2.28. The van der Waals surface area contributed by atoms with E-state index in [4.69, 9.17) is 0 Å². The van der Waals surface area contributed by atoms with E-state index in [1.54, 1.807) is 0 Å². The van der Waals surface area contributed by atoms with Crippen LogP contribution in [0, 0.1) is 12.8 Å². The molecule has 0 saturated heterocycles. The fraction of sp³-hybridized carbons (Fsp3) is 0.500. The van der Waals surface area contributed by atoms with Crippen molar-refractivity contribution in [3.63, 3.8) is 0 Å². The third-order valence-corrected chi connectivity index (χ3v) is 3.44. The first-order chi connectivity index (χ1) is 8.49. The molecule has 2 N–H and O–H groups in total. The molecule has 4 heteroatoms. The van der Waals surface area contributed by atoms with Gasteiger partial charge in [-0.1, -0.05) is 29.8 Å². The molecule has 0 aliphatic heterocycles. The van der Waals surface area contributed by atoms with Gasteiger partial charge in [-0.05, 0) is 36.6 Å². The number of nitrogens with one attached hydrogen (secondary N) is 2. The van der Waals surface area contributed by atoms with Gasteiger partial charge < -0.3 is 10.6 Å². The van der Waals surface area contributed by atoms with E-state index in [1.807, 2.05) is 19.1 Å². The summed E-state index contributed by atoms with van der Waals surface area (Å²) in [5.41, 5.74) is 2.23. The van der Waals surface area contributed by atoms with Crippen molar-refractivity contribution >= 4 is 27.5 Å². The molecule has 0 radical (unpaired) electrons. The van der Waals surface area contributed by atoms with Gasteiger partial charge in [0.1, 0.15) is 0 Å². The molecule has 0 bridgehead atoms. The summed E-state index contributed by atoms with van der Waals surface area (Å²) in [7, 11) is 0. The topological polar surface area (TPSA) is 41.1 Å². The number of anilines is 1. The van der Waals surface area contributed by atoms with E-state index >= 15 is 0 Å². The van der Waals surface area contributed by atoms with E-state index < -0.39 is 0 Å². The molecule has 0 aliphatic carbocycles. The van der Waals surface area contributed by atoms with Crippen molar-refractivity contribution in [2.45, 2.75) is 27.2 Å². The average Bonchev–Trinajstić information content (AvgIpc) is 2.31. The lowest BCUT2D eigenvalue weighted by molar-refractivity contribution is -0.120. The Morgan fingerprint density at radius 3 is 2.72 bits per heavy atom. The van der Waals surface area contributed by atoms with Crippen LogP contribution in [0.5, 0.6) is 0 Å². The van der Waals surface area contributed by atoms with Gasteiger partial charge in [0.05, 0.1) is 0 Å². The van der Waals surface area contributed by atoms with Crippen LogP contribution in [0.15, 0.2) is 22.7 Å². The number of aryl methyl sites for hydroxylation is 1. The summed E-state index contributed by atoms with van der Waals surface area (Å²) in [6.45, 7) is 7.62. The van der Waals surface area contributed by atoms with E-state index in [2.05, 4.69) is 46.5 Å². The maximum Gasteiger partial charge on any atom is 0.221 e. The molecular formula is C14H21BrN2O. The monoisotopic (exact) mass is 312 g/mol. The molecule has 0 spiro atoms. The molecule has 1 aromatic rings. The minimum Gasteiger partial charge on any atom is -0.385 e. The molecule has 1 aromatic carbocycles. The Hall–Kier alpha value is -1.03. The smallest absolute Gasteiger partial charge is 0.221 e. The maximum atomic E-state index is 11.5. The summed E-state index contributed by atoms with van der Waals surface area (Å²) in [4.78, 5) is 11.5. The molecule has 100 valence electrons. The zero-order chi connectivity index (χ0) is 13.5. The van der Waals surface area contributed by atoms with E-state index in [0.29, 0.717) is 18.9 Å². The van der Waals surface area contributed by atoms with E-state index in [9.17, 15) is 4.79 Å². The number of carbonyl (C=O) groups excluding carboxylic acids is 1. The summed E-state index contributed by atoms with van der Waals surface area (Å²) in [6, 6.07) is 6.08. The van der Waals surface area contributed by atoms with Gasteiger partial charge in [0.25, 0.3) is 0 Å². The molecule has 0 heterocycles. The van der Waals surface area contributed by atoms with Crippen LogP contribution in [0.3, 0.4) is 0 Å². The quantitative estimate of drug-likeness (QED) is 0.846. The number of amides is 1. The first kappa shape index (κ1) is 15.0. The standard InChI is InChI=1S/C14H21BrN2O/c1-10(2)9-17-14(18)6-7-16-12-4-5-13(15)11(3)8-12/h4-5,8,10,16H,6-7,9H2,1-3H3,(H,17,18). The number of hydrogen-bond acceptors (Lipinski definition) is 2. The van der Waals surface area contributed by atoms with Gasteiger partial charge >= 0.3 is 0 Å². The molecule has 0 saturated carbocycles. The molecule has 3 nitrogen and oxygen atoms in total. The highest BCUT2D eigenvalue weighted by Gasteiger charge is 2.02. The van der Waals surface area contributed by atoms with Crippen molar-refractivity contribution in [2.75, 3.05) is 18.4 Å². The second-order valence-corrected chi connectivity index (χ2v) is 5.69. The zero-order valence-corrected chi connectivity index (χ0v) is 12.8. The largest absolute Gasteiger partial charge is 0.385 e. The summed E-state index contributed by atoms with van der Waals surface area (Å²) < 4.78 is 1.10. The van der Waals surface area contributed by atoms with E-state index in [1.165, 1.54) is 5.56 Å². The van der Waals surface area contributed by atoms with Gasteiger partial charge in [-0.25, -0.2) is 0 Å². The predicted molar refractivity (Wildman–Crippen MR) is 79.8 cm³/mol. The SMILES string of the molecule is Cc1cc(NCCC(=O)NCC(C)C)ccc1Br. The third-order valence-electron chi connectivity index (χ3n) is 2.55. The van der Waals surface area contributed by atoms with Gasteiger partial charge in [0.15, 0.2) is 0 Å². The Morgan fingerprint density at radius 1 is 1.39 bits per heavy atom. The summed E-state index contributed by atoms with van der Waals surface area (Å²) >= 11 is 3.46. The van der Waals surface area contributed by atoms with E-state index in [-0.39, 0.29) is 5.91 Å². The minimum atomic E-state index is 0.102. The van der Waals surface area contributed by atoms with Crippen LogP contribution in [-0.2, 0) is 4.79 Å². The number of benzene rings is 1. The van der Waals surface area contributed by atoms with Crippen LogP contribution in [0.1, 0.15) is 25.8 Å². The summed E-state index contributed by atoms with van der Waals surface area (Å²) in [5, 5.41) is 6.15. The average molecular weight is 313 g/mol. The zero-order valence-electron chi connectivity index (χ0n) is 11.2. The Bertz CT molecular complexity index is 405. The van der Waals surface area contributed by atoms with Crippen LogP contribution < -0.4 is 10.6 Å². The lowest BCUT2D eigenvalue weighted by Gasteiger charge is -2.10. The Kier molecular flexibility index (Phi) is 6.19. The number of hydrogen-bond donors (Lipinski definition) is 2. The second kappa shape index (κ2) is 7.41. The van der Waals surface area contributed by atoms with Crippen molar-refractivity contribution in [1.29, 1.82) is 0 Å². The van der Waals surface area contributed by atoms with Crippen molar-refractivity contribution in [3.05, 3.63) is 28.2 Å². The maximum absolute atomic E-state index is 11.5. The van der Waals surface area contributed by atoms with Crippen molar-refractivity contribution < 1.29 is 4.79 Å². The Balaban J connectivity index is 2.28. The van der Waals surface area contributed by atoms with Crippen LogP contribution in [0.2, 0.25) is 0 Å². The van der Waals surface area contributed by atoms with Crippen molar-refractivity contribution in [3.8, 4) is 0 Å². The molecule has 0 aromatic heterocycles. The fourth-order valence-corrected chi connectivity index (χ4v) is 1.73. The summed E-state index contributed by atoms with van der Waals surface area (Å²) in [5.74, 6) is 0.598. The van der Waals surface area contributed by atoms with Gasteiger partial charge in [-0.3, -0.25) is 4.79 Å². The fourth-order valence-electron chi connectivity index (χ4n) is 1.48. The van der Waals surface area contributed by atoms with Gasteiger partial charge in [-0.15, -0.1) is 0 Å². The first-order valence-corrected chi connectivity index (χ1v) is 7.05. The Morgan fingerprint density at radius 2 is 2.11 bits per heavy atom. The lowest BCUT2D eigenvalue weighted by atomic mass is 10.2. The highest BCUT2D eigenvalue weighted by Crippen LogP contribution is 2.19. The number of carbonyl (C=O) groups is 1. The van der Waals surface area contributed by atoms with Crippen LogP contribution >= 0.6 is 15.9 Å². The molecule has 0 unspecified atom stereocenters. The minimum absolute atomic E-state index is 0.102. The predicted octanol–water partition coefficient (Wildman–Crippen LogP) is 3.33. The molecule has 1 rings (SSSR count). The first-order valence-electron chi connectivity index (χ1n) is 6.25. The molecule has 18 heavy (non-hydrogen) atoms. The van der Waals surface area contributed by atoms with Crippen molar-refractivity contribution in [1.82, 2.24) is 5.32 Å². The van der Waals surface area contributed by atoms with Gasteiger partial charge in [0.2, 0.25) is 5.91 Å². The number of halogens is 1. The highest BCUT2D eigenvalue weighted by atomic mass is 79.9. The molecule has 0 aliphatic rings. The molecule has 0 atom stereocenters.